The maximum Gasteiger partial charge on any atom is 0.256 e. The number of carbonyl (C=O) groups excluding carboxylic acids is 1. The molecule has 0 unspecified atom stereocenters. The van der Waals surface area contributed by atoms with E-state index in [-0.39, 0.29) is 5.91 Å². The number of hydrogen-bond acceptors (Lipinski definition) is 3. The van der Waals surface area contributed by atoms with Gasteiger partial charge in [0.15, 0.2) is 0 Å². The van der Waals surface area contributed by atoms with E-state index in [0.717, 1.165) is 34.9 Å². The van der Waals surface area contributed by atoms with Gasteiger partial charge in [0.1, 0.15) is 11.1 Å². The lowest BCUT2D eigenvalue weighted by Crippen LogP contribution is -2.13. The Hall–Kier alpha value is -1.64. The molecule has 3 nitrogen and oxygen atoms in total. The summed E-state index contributed by atoms with van der Waals surface area (Å²) >= 11 is 4.97. The van der Waals surface area contributed by atoms with Gasteiger partial charge < -0.3 is 5.32 Å². The van der Waals surface area contributed by atoms with Crippen molar-refractivity contribution < 1.29 is 4.79 Å². The molecule has 5 heteroatoms. The van der Waals surface area contributed by atoms with Crippen molar-refractivity contribution in [1.82, 2.24) is 0 Å². The molecule has 0 atom stereocenters. The van der Waals surface area contributed by atoms with Gasteiger partial charge in [-0.2, -0.15) is 5.26 Å². The number of thiophene rings is 1. The Bertz CT molecular complexity index is 773. The number of benzene rings is 1. The van der Waals surface area contributed by atoms with Gasteiger partial charge in [-0.1, -0.05) is 22.0 Å². The molecule has 0 saturated carbocycles. The molecule has 1 aromatic heterocycles. The van der Waals surface area contributed by atoms with Crippen LogP contribution in [-0.2, 0) is 12.8 Å². The Labute approximate surface area is 135 Å². The van der Waals surface area contributed by atoms with E-state index in [0.29, 0.717) is 16.1 Å². The maximum atomic E-state index is 12.4. The van der Waals surface area contributed by atoms with Gasteiger partial charge in [0.2, 0.25) is 0 Å². The molecule has 106 valence electrons. The van der Waals surface area contributed by atoms with E-state index >= 15 is 0 Å². The molecule has 0 bridgehead atoms. The number of carbonyl (C=O) groups is 1. The molecule has 1 aromatic carbocycles. The van der Waals surface area contributed by atoms with Crippen molar-refractivity contribution in [1.29, 1.82) is 5.26 Å². The predicted octanol–water partition coefficient (Wildman–Crippen LogP) is 4.43. The summed E-state index contributed by atoms with van der Waals surface area (Å²) in [6, 6.07) is 7.79. The van der Waals surface area contributed by atoms with Gasteiger partial charge in [-0.15, -0.1) is 11.3 Å². The first-order valence-corrected chi connectivity index (χ1v) is 8.34. The molecule has 0 fully saturated rings. The van der Waals surface area contributed by atoms with Gasteiger partial charge in [0.25, 0.3) is 5.91 Å². The molecule has 1 N–H and O–H groups in total. The third-order valence-corrected chi connectivity index (χ3v) is 5.84. The van der Waals surface area contributed by atoms with Gasteiger partial charge >= 0.3 is 0 Å². The standard InChI is InChI=1S/C16H13BrN2OS/c1-9-10(4-2-6-13(9)17)15(20)19-16-12(8-18)11-5-3-7-14(11)21-16/h2,4,6H,3,5,7H2,1H3,(H,19,20). The summed E-state index contributed by atoms with van der Waals surface area (Å²) in [4.78, 5) is 13.7. The Morgan fingerprint density at radius 3 is 3.00 bits per heavy atom. The zero-order chi connectivity index (χ0) is 15.0. The fraction of sp³-hybridized carbons (Fsp3) is 0.250. The van der Waals surface area contributed by atoms with Crippen LogP contribution in [0.15, 0.2) is 22.7 Å². The maximum absolute atomic E-state index is 12.4. The van der Waals surface area contributed by atoms with Gasteiger partial charge in [0, 0.05) is 14.9 Å². The van der Waals surface area contributed by atoms with Crippen LogP contribution < -0.4 is 5.32 Å². The molecule has 0 radical (unpaired) electrons. The first-order chi connectivity index (χ1) is 10.1. The van der Waals surface area contributed by atoms with E-state index in [1.54, 1.807) is 17.4 Å². The van der Waals surface area contributed by atoms with Crippen LogP contribution in [0.2, 0.25) is 0 Å². The monoisotopic (exact) mass is 360 g/mol. The van der Waals surface area contributed by atoms with E-state index in [2.05, 4.69) is 27.3 Å². The number of hydrogen-bond donors (Lipinski definition) is 1. The van der Waals surface area contributed by atoms with Crippen molar-refractivity contribution >= 4 is 38.2 Å². The van der Waals surface area contributed by atoms with Crippen molar-refractivity contribution in [2.24, 2.45) is 0 Å². The van der Waals surface area contributed by atoms with Crippen LogP contribution in [0, 0.1) is 18.3 Å². The predicted molar refractivity (Wildman–Crippen MR) is 87.9 cm³/mol. The molecular formula is C16H13BrN2OS. The number of rotatable bonds is 2. The molecule has 0 saturated heterocycles. The SMILES string of the molecule is Cc1c(Br)cccc1C(=O)Nc1sc2c(c1C#N)CCC2. The minimum absolute atomic E-state index is 0.162. The number of halogens is 1. The Morgan fingerprint density at radius 1 is 1.43 bits per heavy atom. The average molecular weight is 361 g/mol. The van der Waals surface area contributed by atoms with E-state index in [9.17, 15) is 10.1 Å². The van der Waals surface area contributed by atoms with Crippen LogP contribution in [0.5, 0.6) is 0 Å². The minimum atomic E-state index is -0.162. The lowest BCUT2D eigenvalue weighted by atomic mass is 10.1. The van der Waals surface area contributed by atoms with Crippen LogP contribution in [0.3, 0.4) is 0 Å². The fourth-order valence-electron chi connectivity index (χ4n) is 2.63. The second kappa shape index (κ2) is 5.63. The van der Waals surface area contributed by atoms with E-state index in [1.165, 1.54) is 4.88 Å². The largest absolute Gasteiger partial charge is 0.312 e. The summed E-state index contributed by atoms with van der Waals surface area (Å²) in [5, 5.41) is 12.9. The first-order valence-electron chi connectivity index (χ1n) is 6.73. The lowest BCUT2D eigenvalue weighted by molar-refractivity contribution is 0.102. The second-order valence-electron chi connectivity index (χ2n) is 5.04. The van der Waals surface area contributed by atoms with Crippen LogP contribution in [0.1, 0.15) is 38.3 Å². The highest BCUT2D eigenvalue weighted by Crippen LogP contribution is 2.38. The molecule has 0 spiro atoms. The molecule has 1 aliphatic carbocycles. The summed E-state index contributed by atoms with van der Waals surface area (Å²) in [6.07, 6.45) is 3.07. The number of amides is 1. The number of anilines is 1. The zero-order valence-corrected chi connectivity index (χ0v) is 13.9. The highest BCUT2D eigenvalue weighted by atomic mass is 79.9. The zero-order valence-electron chi connectivity index (χ0n) is 11.5. The van der Waals surface area contributed by atoms with Gasteiger partial charge in [-0.25, -0.2) is 0 Å². The molecule has 2 aromatic rings. The number of nitrogens with zero attached hydrogens (tertiary/aromatic N) is 1. The number of fused-ring (bicyclic) bond motifs is 1. The molecule has 1 heterocycles. The Morgan fingerprint density at radius 2 is 2.24 bits per heavy atom. The summed E-state index contributed by atoms with van der Waals surface area (Å²) in [5.41, 5.74) is 3.30. The summed E-state index contributed by atoms with van der Waals surface area (Å²) in [6.45, 7) is 1.90. The molecule has 1 aliphatic rings. The third-order valence-electron chi connectivity index (χ3n) is 3.77. The summed E-state index contributed by atoms with van der Waals surface area (Å²) in [7, 11) is 0. The fourth-order valence-corrected chi connectivity index (χ4v) is 4.24. The topological polar surface area (TPSA) is 52.9 Å². The van der Waals surface area contributed by atoms with Crippen LogP contribution in [0.25, 0.3) is 0 Å². The quantitative estimate of drug-likeness (QED) is 0.860. The summed E-state index contributed by atoms with van der Waals surface area (Å²) in [5.74, 6) is -0.162. The molecule has 0 aliphatic heterocycles. The number of aryl methyl sites for hydroxylation is 1. The number of nitrogens with one attached hydrogen (secondary N) is 1. The van der Waals surface area contributed by atoms with Gasteiger partial charge in [0.05, 0.1) is 5.56 Å². The van der Waals surface area contributed by atoms with E-state index < -0.39 is 0 Å². The average Bonchev–Trinajstić information content (AvgIpc) is 3.02. The van der Waals surface area contributed by atoms with Crippen molar-refractivity contribution in [2.45, 2.75) is 26.2 Å². The molecule has 1 amide bonds. The van der Waals surface area contributed by atoms with Crippen molar-refractivity contribution in [2.75, 3.05) is 5.32 Å². The molecular weight excluding hydrogens is 348 g/mol. The summed E-state index contributed by atoms with van der Waals surface area (Å²) < 4.78 is 0.907. The first kappa shape index (κ1) is 14.3. The van der Waals surface area contributed by atoms with Crippen molar-refractivity contribution in [3.05, 3.63) is 49.8 Å². The smallest absolute Gasteiger partial charge is 0.256 e. The van der Waals surface area contributed by atoms with Gasteiger partial charge in [-0.05, 0) is 49.4 Å². The normalized spacial score (nSPS) is 12.8. The second-order valence-corrected chi connectivity index (χ2v) is 7.00. The van der Waals surface area contributed by atoms with Crippen LogP contribution in [0.4, 0.5) is 5.00 Å². The van der Waals surface area contributed by atoms with Gasteiger partial charge in [-0.3, -0.25) is 4.79 Å². The highest BCUT2D eigenvalue weighted by Gasteiger charge is 2.23. The molecule has 3 rings (SSSR count). The highest BCUT2D eigenvalue weighted by molar-refractivity contribution is 9.10. The van der Waals surface area contributed by atoms with E-state index in [4.69, 9.17) is 0 Å². The Balaban J connectivity index is 1.93. The number of nitriles is 1. The molecule has 21 heavy (non-hydrogen) atoms. The van der Waals surface area contributed by atoms with Crippen LogP contribution >= 0.6 is 27.3 Å². The van der Waals surface area contributed by atoms with Crippen molar-refractivity contribution in [3.63, 3.8) is 0 Å². The minimum Gasteiger partial charge on any atom is -0.312 e. The Kier molecular flexibility index (Phi) is 3.83. The van der Waals surface area contributed by atoms with E-state index in [1.807, 2.05) is 19.1 Å². The third kappa shape index (κ3) is 2.50. The lowest BCUT2D eigenvalue weighted by Gasteiger charge is -2.08. The van der Waals surface area contributed by atoms with Crippen molar-refractivity contribution in [3.8, 4) is 6.07 Å². The van der Waals surface area contributed by atoms with Crippen LogP contribution in [-0.4, -0.2) is 5.91 Å².